The number of carbonyl (C=O) groups excluding carboxylic acids is 1. The topological polar surface area (TPSA) is 75.0 Å². The Hall–Kier alpha value is -3.18. The molecule has 42 heavy (non-hydrogen) atoms. The molecule has 7 nitrogen and oxygen atoms in total. The second-order valence-corrected chi connectivity index (χ2v) is 14.2. The number of nitrogens with zero attached hydrogens (tertiary/aromatic N) is 3. The summed E-state index contributed by atoms with van der Waals surface area (Å²) >= 11 is 1.47. The van der Waals surface area contributed by atoms with E-state index in [-0.39, 0.29) is 16.7 Å². The predicted octanol–water partition coefficient (Wildman–Crippen LogP) is 1.16. The first-order chi connectivity index (χ1) is 20.0. The molecule has 2 aromatic carbocycles. The van der Waals surface area contributed by atoms with Crippen LogP contribution in [-0.4, -0.2) is 70.1 Å². The third-order valence-corrected chi connectivity index (χ3v) is 11.2. The number of amides is 1. The van der Waals surface area contributed by atoms with Crippen LogP contribution in [0.25, 0.3) is 0 Å². The molecular formula is C29H30B3F2N3O4S. The van der Waals surface area contributed by atoms with Crippen molar-refractivity contribution in [3.63, 3.8) is 0 Å². The van der Waals surface area contributed by atoms with E-state index in [9.17, 15) is 19.1 Å². The van der Waals surface area contributed by atoms with Crippen LogP contribution in [0.4, 0.5) is 8.78 Å². The van der Waals surface area contributed by atoms with Crippen molar-refractivity contribution < 1.29 is 23.4 Å². The Bertz CT molecular complexity index is 1700. The van der Waals surface area contributed by atoms with E-state index in [2.05, 4.69) is 0 Å². The largest absolute Gasteiger partial charge is 0.502 e. The van der Waals surface area contributed by atoms with Gasteiger partial charge in [0, 0.05) is 36.9 Å². The molecule has 1 spiro atoms. The minimum atomic E-state index is -1.15. The fourth-order valence-electron chi connectivity index (χ4n) is 7.73. The van der Waals surface area contributed by atoms with Crippen LogP contribution in [-0.2, 0) is 14.7 Å². The van der Waals surface area contributed by atoms with Crippen molar-refractivity contribution in [2.24, 2.45) is 5.41 Å². The summed E-state index contributed by atoms with van der Waals surface area (Å²) in [4.78, 5) is 29.3. The fourth-order valence-corrected chi connectivity index (χ4v) is 9.10. The van der Waals surface area contributed by atoms with Gasteiger partial charge in [0.15, 0.2) is 23.1 Å². The number of piperidine rings is 1. The Morgan fingerprint density at radius 1 is 0.976 bits per heavy atom. The van der Waals surface area contributed by atoms with Crippen LogP contribution in [0, 0.1) is 17.0 Å². The number of fused-ring (bicyclic) bond motifs is 4. The average molecular weight is 587 g/mol. The Kier molecular flexibility index (Phi) is 6.19. The molecule has 2 saturated heterocycles. The van der Waals surface area contributed by atoms with E-state index in [1.54, 1.807) is 15.6 Å². The Morgan fingerprint density at radius 2 is 1.71 bits per heavy atom. The summed E-state index contributed by atoms with van der Waals surface area (Å²) in [5, 5.41) is 13.0. The highest BCUT2D eigenvalue weighted by molar-refractivity contribution is 8.02. The van der Waals surface area contributed by atoms with Crippen molar-refractivity contribution in [3.05, 3.63) is 92.9 Å². The number of carbonyl (C=O) groups is 1. The van der Waals surface area contributed by atoms with Crippen LogP contribution in [0.15, 0.2) is 58.4 Å². The molecule has 1 aromatic heterocycles. The first-order valence-electron chi connectivity index (χ1n) is 14.4. The van der Waals surface area contributed by atoms with Gasteiger partial charge in [0.25, 0.3) is 5.91 Å². The Balaban J connectivity index is 1.57. The molecule has 13 heteroatoms. The number of benzene rings is 2. The second kappa shape index (κ2) is 9.41. The van der Waals surface area contributed by atoms with Gasteiger partial charge < -0.3 is 14.7 Å². The molecule has 0 saturated carbocycles. The van der Waals surface area contributed by atoms with Crippen LogP contribution in [0.2, 0.25) is 0 Å². The maximum atomic E-state index is 16.0. The van der Waals surface area contributed by atoms with E-state index in [1.807, 2.05) is 52.8 Å². The quantitative estimate of drug-likeness (QED) is 0.432. The number of thioether (sulfide) groups is 1. The van der Waals surface area contributed by atoms with Gasteiger partial charge in [-0.2, -0.15) is 0 Å². The summed E-state index contributed by atoms with van der Waals surface area (Å²) in [6, 6.07) is 11.9. The summed E-state index contributed by atoms with van der Waals surface area (Å²) in [5.74, 6) is -2.87. The van der Waals surface area contributed by atoms with Crippen molar-refractivity contribution in [3.8, 4) is 5.75 Å². The lowest BCUT2D eigenvalue weighted by atomic mass is 9.58. The molecule has 2 atom stereocenters. The number of halogens is 2. The molecule has 0 bridgehead atoms. The molecule has 214 valence electrons. The van der Waals surface area contributed by atoms with Crippen molar-refractivity contribution in [1.82, 2.24) is 9.58 Å². The molecule has 0 radical (unpaired) electrons. The monoisotopic (exact) mass is 587 g/mol. The van der Waals surface area contributed by atoms with Crippen LogP contribution in [0.1, 0.15) is 52.9 Å². The van der Waals surface area contributed by atoms with Gasteiger partial charge in [-0.3, -0.25) is 19.3 Å². The van der Waals surface area contributed by atoms with Crippen molar-refractivity contribution in [1.29, 1.82) is 0 Å². The van der Waals surface area contributed by atoms with Gasteiger partial charge in [0.1, 0.15) is 29.7 Å². The van der Waals surface area contributed by atoms with Gasteiger partial charge in [-0.15, -0.1) is 11.8 Å². The van der Waals surface area contributed by atoms with E-state index in [0.717, 1.165) is 29.7 Å². The number of aromatic nitrogens is 1. The van der Waals surface area contributed by atoms with Gasteiger partial charge in [-0.25, -0.2) is 8.78 Å². The van der Waals surface area contributed by atoms with Gasteiger partial charge in [0.2, 0.25) is 5.43 Å². The molecule has 1 N–H and O–H groups in total. The molecule has 5 heterocycles. The smallest absolute Gasteiger partial charge is 0.278 e. The van der Waals surface area contributed by atoms with Crippen molar-refractivity contribution >= 4 is 41.2 Å². The van der Waals surface area contributed by atoms with Gasteiger partial charge >= 0.3 is 0 Å². The Labute approximate surface area is 249 Å². The van der Waals surface area contributed by atoms with Crippen LogP contribution in [0.3, 0.4) is 0 Å². The molecule has 0 aliphatic carbocycles. The molecule has 4 aliphatic heterocycles. The minimum Gasteiger partial charge on any atom is -0.502 e. The number of aromatic hydroxyl groups is 1. The number of ether oxygens (including phenoxy) is 1. The molecule has 3 aromatic rings. The van der Waals surface area contributed by atoms with E-state index in [0.29, 0.717) is 31.7 Å². The fraction of sp³-hybridized carbons (Fsp3) is 0.379. The number of pyridine rings is 1. The summed E-state index contributed by atoms with van der Waals surface area (Å²) < 4.78 is 37.4. The van der Waals surface area contributed by atoms with Crippen molar-refractivity contribution in [2.45, 2.75) is 46.7 Å². The first-order valence-corrected chi connectivity index (χ1v) is 15.2. The highest BCUT2D eigenvalue weighted by atomic mass is 32.2. The molecule has 2 fully saturated rings. The zero-order valence-electron chi connectivity index (χ0n) is 23.8. The zero-order chi connectivity index (χ0) is 29.6. The summed E-state index contributed by atoms with van der Waals surface area (Å²) in [6.07, 6.45) is 4.14. The molecular weight excluding hydrogens is 557 g/mol. The average Bonchev–Trinajstić information content (AvgIpc) is 3.03. The summed E-state index contributed by atoms with van der Waals surface area (Å²) in [7, 11) is 5.76. The maximum Gasteiger partial charge on any atom is 0.278 e. The highest BCUT2D eigenvalue weighted by Gasteiger charge is 2.55. The lowest BCUT2D eigenvalue weighted by Gasteiger charge is -2.59. The molecule has 0 unspecified atom stereocenters. The number of rotatable bonds is 1. The lowest BCUT2D eigenvalue weighted by molar-refractivity contribution is -0.0441. The van der Waals surface area contributed by atoms with Crippen LogP contribution in [0.5, 0.6) is 5.75 Å². The maximum absolute atomic E-state index is 16.0. The zero-order valence-corrected chi connectivity index (χ0v) is 24.6. The van der Waals surface area contributed by atoms with Crippen LogP contribution < -0.4 is 10.4 Å². The minimum absolute atomic E-state index is 0.0674. The second-order valence-electron chi connectivity index (χ2n) is 12.6. The number of hydrogen-bond donors (Lipinski definition) is 1. The standard InChI is InChI=1S/C29H30B3F2N3O4S/c30-28(16-3-1-2-4-20(16)42-29(31,32)22-17(28)5-6-18(33)23(22)34)37-21-15-27(9-13-41-14-10-27)8-12-35(21)26(40)24-25(39)19(38)7-11-36(24)37/h1-7,11,21,39H,8-10,12-15,30-32H2/t21-,28+/m1/s1. The summed E-state index contributed by atoms with van der Waals surface area (Å²) in [6.45, 7) is 1.72. The normalized spacial score (nSPS) is 25.7. The Morgan fingerprint density at radius 3 is 2.48 bits per heavy atom. The predicted molar refractivity (Wildman–Crippen MR) is 164 cm³/mol. The van der Waals surface area contributed by atoms with E-state index in [4.69, 9.17) is 4.74 Å². The van der Waals surface area contributed by atoms with E-state index >= 15 is 4.39 Å². The third kappa shape index (κ3) is 3.78. The van der Waals surface area contributed by atoms with Gasteiger partial charge in [-0.1, -0.05) is 24.3 Å². The number of hydrogen-bond acceptors (Lipinski definition) is 6. The highest BCUT2D eigenvalue weighted by Crippen LogP contribution is 2.54. The third-order valence-electron chi connectivity index (χ3n) is 9.90. The van der Waals surface area contributed by atoms with E-state index in [1.165, 1.54) is 30.1 Å². The van der Waals surface area contributed by atoms with Gasteiger partial charge in [-0.05, 0) is 64.5 Å². The molecule has 7 rings (SSSR count). The van der Waals surface area contributed by atoms with Crippen LogP contribution >= 0.6 is 11.8 Å². The van der Waals surface area contributed by atoms with E-state index < -0.39 is 44.9 Å². The van der Waals surface area contributed by atoms with Gasteiger partial charge in [0.05, 0.1) is 5.44 Å². The SMILES string of the molecule is BC1(B)Sc2ccccc2[C@](B)(N2[C@@H]3CC4(CCOCC4)CCN3C(=O)c3c(O)c(=O)ccn32)c2ccc(F)c(F)c21. The first kappa shape index (κ1) is 27.6. The molecule has 1 amide bonds. The summed E-state index contributed by atoms with van der Waals surface area (Å²) in [5.41, 5.74) is -0.319. The van der Waals surface area contributed by atoms with Crippen molar-refractivity contribution in [2.75, 3.05) is 24.8 Å². The lowest BCUT2D eigenvalue weighted by Crippen LogP contribution is -2.71. The molecule has 4 aliphatic rings.